The summed E-state index contributed by atoms with van der Waals surface area (Å²) in [5.41, 5.74) is 2.17. The first-order valence-corrected chi connectivity index (χ1v) is 9.92. The van der Waals surface area contributed by atoms with Crippen LogP contribution in [0.3, 0.4) is 0 Å². The Balaban J connectivity index is 1.30. The van der Waals surface area contributed by atoms with Crippen LogP contribution >= 0.6 is 11.3 Å². The van der Waals surface area contributed by atoms with Gasteiger partial charge in [0.15, 0.2) is 13.2 Å². The molecular weight excluding hydrogens is 388 g/mol. The second-order valence-electron chi connectivity index (χ2n) is 6.21. The summed E-state index contributed by atoms with van der Waals surface area (Å²) in [6.45, 7) is -0.288. The molecule has 0 radical (unpaired) electrons. The fraction of sp³-hybridized carbons (Fsp3) is 0.136. The Labute approximate surface area is 171 Å². The van der Waals surface area contributed by atoms with Crippen molar-refractivity contribution in [1.82, 2.24) is 10.1 Å². The molecule has 0 amide bonds. The van der Waals surface area contributed by atoms with E-state index in [1.807, 2.05) is 60.0 Å². The number of para-hydroxylation sites is 1. The van der Waals surface area contributed by atoms with E-state index in [-0.39, 0.29) is 19.1 Å². The second-order valence-corrected chi connectivity index (χ2v) is 7.16. The average Bonchev–Trinajstić information content (AvgIpc) is 3.44. The fourth-order valence-corrected chi connectivity index (χ4v) is 3.40. The molecule has 0 N–H and O–H groups in total. The number of carbonyl (C=O) groups is 1. The highest BCUT2D eigenvalue weighted by atomic mass is 32.1. The maximum Gasteiger partial charge on any atom is 0.344 e. The first-order chi connectivity index (χ1) is 14.3. The van der Waals surface area contributed by atoms with E-state index < -0.39 is 5.97 Å². The summed E-state index contributed by atoms with van der Waals surface area (Å²) in [7, 11) is 0. The van der Waals surface area contributed by atoms with Crippen molar-refractivity contribution in [3.63, 3.8) is 0 Å². The van der Waals surface area contributed by atoms with Crippen molar-refractivity contribution in [3.8, 4) is 16.5 Å². The number of ether oxygens (including phenoxy) is 2. The Kier molecular flexibility index (Phi) is 5.97. The van der Waals surface area contributed by atoms with Gasteiger partial charge in [0.2, 0.25) is 5.82 Å². The lowest BCUT2D eigenvalue weighted by molar-refractivity contribution is -0.148. The first-order valence-electron chi connectivity index (χ1n) is 9.04. The summed E-state index contributed by atoms with van der Waals surface area (Å²) in [6.07, 6.45) is 0.722. The molecule has 4 aromatic rings. The lowest BCUT2D eigenvalue weighted by Crippen LogP contribution is -2.15. The average molecular weight is 406 g/mol. The van der Waals surface area contributed by atoms with Crippen molar-refractivity contribution < 1.29 is 18.8 Å². The standard InChI is InChI=1S/C22H18N2O4S/c25-21(27-14-20-23-22(24-28-20)19-11-6-12-29-19)15-26-18-10-5-4-9-17(18)13-16-7-2-1-3-8-16/h1-12H,13-15H2. The van der Waals surface area contributed by atoms with Crippen molar-refractivity contribution in [2.75, 3.05) is 6.61 Å². The fourth-order valence-electron chi connectivity index (χ4n) is 2.75. The van der Waals surface area contributed by atoms with Crippen molar-refractivity contribution >= 4 is 17.3 Å². The van der Waals surface area contributed by atoms with Crippen LogP contribution in [0.15, 0.2) is 76.6 Å². The third-order valence-corrected chi connectivity index (χ3v) is 4.99. The van der Waals surface area contributed by atoms with E-state index in [1.165, 1.54) is 16.9 Å². The zero-order valence-electron chi connectivity index (χ0n) is 15.5. The highest BCUT2D eigenvalue weighted by Gasteiger charge is 2.13. The van der Waals surface area contributed by atoms with Gasteiger partial charge in [-0.25, -0.2) is 4.79 Å². The molecule has 6 nitrogen and oxygen atoms in total. The Hall–Kier alpha value is -3.45. The van der Waals surface area contributed by atoms with Crippen LogP contribution in [0.25, 0.3) is 10.7 Å². The number of benzene rings is 2. The second kappa shape index (κ2) is 9.16. The molecule has 2 aromatic carbocycles. The van der Waals surface area contributed by atoms with Gasteiger partial charge in [0.05, 0.1) is 4.88 Å². The van der Waals surface area contributed by atoms with Gasteiger partial charge in [-0.1, -0.05) is 59.8 Å². The van der Waals surface area contributed by atoms with Gasteiger partial charge in [-0.05, 0) is 28.6 Å². The van der Waals surface area contributed by atoms with Crippen LogP contribution in [-0.4, -0.2) is 22.7 Å². The molecule has 0 aliphatic heterocycles. The predicted molar refractivity (Wildman–Crippen MR) is 109 cm³/mol. The molecule has 0 unspecified atom stereocenters. The molecule has 0 bridgehead atoms. The number of nitrogens with zero attached hydrogens (tertiary/aromatic N) is 2. The number of esters is 1. The summed E-state index contributed by atoms with van der Waals surface area (Å²) in [5, 5.41) is 5.81. The summed E-state index contributed by atoms with van der Waals surface area (Å²) < 4.78 is 16.0. The molecule has 0 saturated heterocycles. The zero-order valence-corrected chi connectivity index (χ0v) is 16.3. The van der Waals surface area contributed by atoms with Gasteiger partial charge in [0, 0.05) is 6.42 Å². The SMILES string of the molecule is O=C(COc1ccccc1Cc1ccccc1)OCc1nc(-c2cccs2)no1. The van der Waals surface area contributed by atoms with Crippen LogP contribution in [0.2, 0.25) is 0 Å². The van der Waals surface area contributed by atoms with E-state index in [9.17, 15) is 4.79 Å². The van der Waals surface area contributed by atoms with Crippen LogP contribution < -0.4 is 4.74 Å². The third-order valence-electron chi connectivity index (χ3n) is 4.12. The Morgan fingerprint density at radius 2 is 1.83 bits per heavy atom. The van der Waals surface area contributed by atoms with Gasteiger partial charge in [-0.3, -0.25) is 0 Å². The highest BCUT2D eigenvalue weighted by molar-refractivity contribution is 7.13. The van der Waals surface area contributed by atoms with Crippen LogP contribution in [0.1, 0.15) is 17.0 Å². The number of aromatic nitrogens is 2. The minimum Gasteiger partial charge on any atom is -0.482 e. The molecule has 0 spiro atoms. The Bertz CT molecular complexity index is 1060. The first kappa shape index (κ1) is 18.9. The van der Waals surface area contributed by atoms with Gasteiger partial charge in [-0.15, -0.1) is 11.3 Å². The van der Waals surface area contributed by atoms with Crippen LogP contribution in [0, 0.1) is 0 Å². The maximum absolute atomic E-state index is 12.1. The molecule has 2 aromatic heterocycles. The summed E-state index contributed by atoms with van der Waals surface area (Å²) in [4.78, 5) is 17.2. The molecule has 0 fully saturated rings. The molecule has 0 saturated carbocycles. The number of hydrogen-bond donors (Lipinski definition) is 0. The van der Waals surface area contributed by atoms with Crippen molar-refractivity contribution in [2.24, 2.45) is 0 Å². The molecule has 7 heteroatoms. The number of carbonyl (C=O) groups excluding carboxylic acids is 1. The lowest BCUT2D eigenvalue weighted by Gasteiger charge is -2.11. The minimum atomic E-state index is -0.504. The summed E-state index contributed by atoms with van der Waals surface area (Å²) in [6, 6.07) is 21.5. The smallest absolute Gasteiger partial charge is 0.344 e. The van der Waals surface area contributed by atoms with Gasteiger partial charge in [0.1, 0.15) is 5.75 Å². The molecule has 146 valence electrons. The van der Waals surface area contributed by atoms with E-state index in [4.69, 9.17) is 14.0 Å². The van der Waals surface area contributed by atoms with Crippen LogP contribution in [0.4, 0.5) is 0 Å². The van der Waals surface area contributed by atoms with Gasteiger partial charge < -0.3 is 14.0 Å². The largest absolute Gasteiger partial charge is 0.482 e. The highest BCUT2D eigenvalue weighted by Crippen LogP contribution is 2.22. The van der Waals surface area contributed by atoms with E-state index >= 15 is 0 Å². The van der Waals surface area contributed by atoms with Gasteiger partial charge >= 0.3 is 5.97 Å². The molecule has 0 aliphatic rings. The molecule has 0 atom stereocenters. The van der Waals surface area contributed by atoms with E-state index in [1.54, 1.807) is 0 Å². The zero-order chi connectivity index (χ0) is 19.9. The molecular formula is C22H18N2O4S. The third kappa shape index (κ3) is 5.08. The predicted octanol–water partition coefficient (Wildman–Crippen LogP) is 4.51. The van der Waals surface area contributed by atoms with Gasteiger partial charge in [0.25, 0.3) is 5.89 Å². The molecule has 2 heterocycles. The molecule has 29 heavy (non-hydrogen) atoms. The van der Waals surface area contributed by atoms with E-state index in [0.29, 0.717) is 11.6 Å². The molecule has 0 aliphatic carbocycles. The van der Waals surface area contributed by atoms with Crippen molar-refractivity contribution in [3.05, 3.63) is 89.1 Å². The molecule has 4 rings (SSSR count). The van der Waals surface area contributed by atoms with E-state index in [0.717, 1.165) is 16.9 Å². The van der Waals surface area contributed by atoms with Crippen molar-refractivity contribution in [2.45, 2.75) is 13.0 Å². The van der Waals surface area contributed by atoms with E-state index in [2.05, 4.69) is 22.3 Å². The lowest BCUT2D eigenvalue weighted by atomic mass is 10.0. The van der Waals surface area contributed by atoms with Crippen LogP contribution in [-0.2, 0) is 22.6 Å². The monoisotopic (exact) mass is 406 g/mol. The summed E-state index contributed by atoms with van der Waals surface area (Å²) >= 11 is 1.51. The quantitative estimate of drug-likeness (QED) is 0.401. The normalized spacial score (nSPS) is 10.6. The van der Waals surface area contributed by atoms with Crippen LogP contribution in [0.5, 0.6) is 5.75 Å². The minimum absolute atomic E-state index is 0.0910. The number of rotatable bonds is 8. The Morgan fingerprint density at radius 3 is 2.66 bits per heavy atom. The topological polar surface area (TPSA) is 74.5 Å². The van der Waals surface area contributed by atoms with Crippen molar-refractivity contribution in [1.29, 1.82) is 0 Å². The maximum atomic E-state index is 12.1. The number of thiophene rings is 1. The van der Waals surface area contributed by atoms with Gasteiger partial charge in [-0.2, -0.15) is 4.98 Å². The summed E-state index contributed by atoms with van der Waals surface area (Å²) in [5.74, 6) is 0.879. The Morgan fingerprint density at radius 1 is 1.00 bits per heavy atom. The number of hydrogen-bond acceptors (Lipinski definition) is 7.